The van der Waals surface area contributed by atoms with E-state index in [0.717, 1.165) is 0 Å². The normalized spacial score (nSPS) is 26.5. The van der Waals surface area contributed by atoms with Gasteiger partial charge in [-0.15, -0.1) is 0 Å². The number of carbonyl (C=O) groups is 2. The van der Waals surface area contributed by atoms with Crippen molar-refractivity contribution in [3.05, 3.63) is 0 Å². The molecule has 0 aromatic carbocycles. The molecule has 0 amide bonds. The number of rotatable bonds is 4. The molecule has 2 atom stereocenters. The van der Waals surface area contributed by atoms with E-state index in [1.807, 2.05) is 0 Å². The maximum atomic E-state index is 12.3. The Kier molecular flexibility index (Phi) is 2.78. The highest BCUT2D eigenvalue weighted by atomic mass is 19.1. The van der Waals surface area contributed by atoms with Gasteiger partial charge in [0.1, 0.15) is 18.4 Å². The number of hydrogen-bond donors (Lipinski definition) is 0. The van der Waals surface area contributed by atoms with Gasteiger partial charge in [-0.2, -0.15) is 0 Å². The van der Waals surface area contributed by atoms with Crippen molar-refractivity contribution in [2.75, 3.05) is 6.61 Å². The van der Waals surface area contributed by atoms with E-state index in [1.54, 1.807) is 6.92 Å². The molecule has 1 saturated carbocycles. The third-order valence-electron chi connectivity index (χ3n) is 1.75. The smallest absolute Gasteiger partial charge is 0.313 e. The topological polar surface area (TPSA) is 43.4 Å². The van der Waals surface area contributed by atoms with Gasteiger partial charge in [0.05, 0.1) is 12.5 Å². The van der Waals surface area contributed by atoms with Gasteiger partial charge in [0, 0.05) is 0 Å². The van der Waals surface area contributed by atoms with Crippen LogP contribution in [-0.2, 0) is 14.3 Å². The molecule has 1 aliphatic rings. The minimum absolute atomic E-state index is 0.260. The van der Waals surface area contributed by atoms with Crippen molar-refractivity contribution in [1.29, 1.82) is 0 Å². The van der Waals surface area contributed by atoms with Gasteiger partial charge in [0.15, 0.2) is 0 Å². The number of alkyl halides is 1. The summed E-state index contributed by atoms with van der Waals surface area (Å²) in [6, 6.07) is 0. The second kappa shape index (κ2) is 3.65. The first kappa shape index (κ1) is 9.16. The molecule has 0 aromatic heterocycles. The summed E-state index contributed by atoms with van der Waals surface area (Å²) in [5.74, 6) is -1.42. The first-order valence-corrected chi connectivity index (χ1v) is 3.97. The molecular weight excluding hydrogens is 163 g/mol. The monoisotopic (exact) mass is 174 g/mol. The molecule has 1 aliphatic carbocycles. The zero-order valence-electron chi connectivity index (χ0n) is 6.88. The number of ketones is 1. The highest BCUT2D eigenvalue weighted by Crippen LogP contribution is 2.35. The lowest BCUT2D eigenvalue weighted by molar-refractivity contribution is -0.145. The van der Waals surface area contributed by atoms with Crippen molar-refractivity contribution in [1.82, 2.24) is 0 Å². The number of ether oxygens (including phenoxy) is 1. The van der Waals surface area contributed by atoms with E-state index in [4.69, 9.17) is 0 Å². The number of hydrogen-bond acceptors (Lipinski definition) is 3. The molecule has 0 unspecified atom stereocenters. The van der Waals surface area contributed by atoms with E-state index in [2.05, 4.69) is 4.74 Å². The van der Waals surface area contributed by atoms with E-state index in [1.165, 1.54) is 0 Å². The molecule has 1 fully saturated rings. The van der Waals surface area contributed by atoms with E-state index in [9.17, 15) is 14.0 Å². The highest BCUT2D eigenvalue weighted by Gasteiger charge is 2.43. The largest absolute Gasteiger partial charge is 0.466 e. The van der Waals surface area contributed by atoms with Crippen LogP contribution in [0.5, 0.6) is 0 Å². The second-order valence-electron chi connectivity index (χ2n) is 2.81. The third kappa shape index (κ3) is 2.29. The van der Waals surface area contributed by atoms with Gasteiger partial charge in [-0.1, -0.05) is 0 Å². The summed E-state index contributed by atoms with van der Waals surface area (Å²) in [6.07, 6.45) is -1.02. The molecule has 0 spiro atoms. The Hall–Kier alpha value is -0.930. The molecule has 3 nitrogen and oxygen atoms in total. The summed E-state index contributed by atoms with van der Waals surface area (Å²) in [4.78, 5) is 21.7. The fourth-order valence-corrected chi connectivity index (χ4v) is 0.983. The Morgan fingerprint density at radius 1 is 1.58 bits per heavy atom. The molecule has 0 N–H and O–H groups in total. The maximum absolute atomic E-state index is 12.3. The van der Waals surface area contributed by atoms with Crippen LogP contribution >= 0.6 is 0 Å². The number of esters is 1. The lowest BCUT2D eigenvalue weighted by atomic mass is 10.2. The third-order valence-corrected chi connectivity index (χ3v) is 1.75. The molecule has 12 heavy (non-hydrogen) atoms. The molecule has 0 heterocycles. The van der Waals surface area contributed by atoms with Crippen LogP contribution in [-0.4, -0.2) is 24.5 Å². The Balaban J connectivity index is 2.22. The number of Topliss-reactive ketones (excluding diaryl/α,β-unsaturated/α-hetero) is 1. The van der Waals surface area contributed by atoms with E-state index >= 15 is 0 Å². The summed E-state index contributed by atoms with van der Waals surface area (Å²) >= 11 is 0. The van der Waals surface area contributed by atoms with Crippen LogP contribution in [0.4, 0.5) is 4.39 Å². The van der Waals surface area contributed by atoms with Gasteiger partial charge in [-0.3, -0.25) is 9.59 Å². The average Bonchev–Trinajstić information content (AvgIpc) is 2.67. The van der Waals surface area contributed by atoms with Crippen molar-refractivity contribution in [3.8, 4) is 0 Å². The average molecular weight is 174 g/mol. The second-order valence-corrected chi connectivity index (χ2v) is 2.81. The standard InChI is InChI=1S/C8H11FO3/c1-2-12-8(11)4-7(10)5-3-6(5)9/h5-6H,2-4H2,1H3/t5-,6-/m0/s1. The molecule has 0 aromatic rings. The van der Waals surface area contributed by atoms with Crippen LogP contribution in [0.2, 0.25) is 0 Å². The SMILES string of the molecule is CCOC(=O)CC(=O)[C@H]1C[C@@H]1F. The van der Waals surface area contributed by atoms with E-state index < -0.39 is 18.1 Å². The van der Waals surface area contributed by atoms with E-state index in [-0.39, 0.29) is 25.2 Å². The van der Waals surface area contributed by atoms with Gasteiger partial charge < -0.3 is 4.74 Å². The zero-order chi connectivity index (χ0) is 9.14. The van der Waals surface area contributed by atoms with Crippen LogP contribution < -0.4 is 0 Å². The lowest BCUT2D eigenvalue weighted by Crippen LogP contribution is -2.13. The molecule has 4 heteroatoms. The molecule has 0 aliphatic heterocycles. The minimum Gasteiger partial charge on any atom is -0.466 e. The first-order valence-electron chi connectivity index (χ1n) is 3.97. The van der Waals surface area contributed by atoms with Gasteiger partial charge >= 0.3 is 5.97 Å². The highest BCUT2D eigenvalue weighted by molar-refractivity contribution is 5.98. The number of carbonyl (C=O) groups excluding carboxylic acids is 2. The Labute approximate surface area is 69.9 Å². The summed E-state index contributed by atoms with van der Waals surface area (Å²) in [7, 11) is 0. The van der Waals surface area contributed by atoms with Crippen LogP contribution in [0, 0.1) is 5.92 Å². The quantitative estimate of drug-likeness (QED) is 0.469. The fourth-order valence-electron chi connectivity index (χ4n) is 0.983. The predicted octanol–water partition coefficient (Wildman–Crippen LogP) is 0.867. The van der Waals surface area contributed by atoms with Crippen LogP contribution in [0.15, 0.2) is 0 Å². The van der Waals surface area contributed by atoms with Gasteiger partial charge in [-0.25, -0.2) is 4.39 Å². The van der Waals surface area contributed by atoms with Crippen LogP contribution in [0.3, 0.4) is 0 Å². The summed E-state index contributed by atoms with van der Waals surface area (Å²) in [6.45, 7) is 1.92. The summed E-state index contributed by atoms with van der Waals surface area (Å²) in [5.41, 5.74) is 0. The van der Waals surface area contributed by atoms with Gasteiger partial charge in [-0.05, 0) is 13.3 Å². The molecule has 0 saturated heterocycles. The van der Waals surface area contributed by atoms with Gasteiger partial charge in [0.2, 0.25) is 0 Å². The van der Waals surface area contributed by atoms with E-state index in [0.29, 0.717) is 0 Å². The minimum atomic E-state index is -1.02. The van der Waals surface area contributed by atoms with Crippen molar-refractivity contribution in [2.24, 2.45) is 5.92 Å². The lowest BCUT2D eigenvalue weighted by Gasteiger charge is -1.98. The van der Waals surface area contributed by atoms with Crippen molar-refractivity contribution >= 4 is 11.8 Å². The van der Waals surface area contributed by atoms with Crippen molar-refractivity contribution in [2.45, 2.75) is 25.9 Å². The molecule has 0 radical (unpaired) electrons. The fraction of sp³-hybridized carbons (Fsp3) is 0.750. The van der Waals surface area contributed by atoms with Gasteiger partial charge in [0.25, 0.3) is 0 Å². The Bertz CT molecular complexity index is 202. The molecule has 68 valence electrons. The van der Waals surface area contributed by atoms with Crippen LogP contribution in [0.1, 0.15) is 19.8 Å². The molecule has 1 rings (SSSR count). The Morgan fingerprint density at radius 3 is 2.58 bits per heavy atom. The zero-order valence-corrected chi connectivity index (χ0v) is 6.88. The Morgan fingerprint density at radius 2 is 2.17 bits per heavy atom. The maximum Gasteiger partial charge on any atom is 0.313 e. The first-order chi connectivity index (χ1) is 5.65. The molecular formula is C8H11FO3. The number of halogens is 1. The van der Waals surface area contributed by atoms with Crippen molar-refractivity contribution in [3.63, 3.8) is 0 Å². The van der Waals surface area contributed by atoms with Crippen molar-refractivity contribution < 1.29 is 18.7 Å². The predicted molar refractivity (Wildman–Crippen MR) is 39.3 cm³/mol. The van der Waals surface area contributed by atoms with Crippen LogP contribution in [0.25, 0.3) is 0 Å². The summed E-state index contributed by atoms with van der Waals surface area (Å²) in [5, 5.41) is 0. The summed E-state index contributed by atoms with van der Waals surface area (Å²) < 4.78 is 16.8. The molecule has 0 bridgehead atoms.